The molecule has 2 aliphatic rings. The SMILES string of the molecule is CCNc1nc(Cl)nc(NC2CC3CCCC(C2)N3C)n1. The average molecular weight is 311 g/mol. The zero-order valence-electron chi connectivity index (χ0n) is 12.6. The minimum Gasteiger partial charge on any atom is -0.354 e. The molecule has 1 aromatic heterocycles. The summed E-state index contributed by atoms with van der Waals surface area (Å²) < 4.78 is 0. The highest BCUT2D eigenvalue weighted by atomic mass is 35.5. The second kappa shape index (κ2) is 6.32. The lowest BCUT2D eigenvalue weighted by atomic mass is 9.82. The Morgan fingerprint density at radius 1 is 1.14 bits per heavy atom. The number of hydrogen-bond acceptors (Lipinski definition) is 6. The summed E-state index contributed by atoms with van der Waals surface area (Å²) in [5.74, 6) is 1.12. The normalized spacial score (nSPS) is 29.2. The quantitative estimate of drug-likeness (QED) is 0.890. The van der Waals surface area contributed by atoms with Crippen LogP contribution in [0.3, 0.4) is 0 Å². The highest BCUT2D eigenvalue weighted by Gasteiger charge is 2.36. The molecular formula is C14H23ClN6. The van der Waals surface area contributed by atoms with Crippen molar-refractivity contribution in [2.24, 2.45) is 0 Å². The first kappa shape index (κ1) is 14.8. The first-order chi connectivity index (χ1) is 10.2. The van der Waals surface area contributed by atoms with Gasteiger partial charge >= 0.3 is 0 Å². The number of halogens is 1. The molecule has 0 aliphatic carbocycles. The molecule has 6 nitrogen and oxygen atoms in total. The minimum atomic E-state index is 0.233. The van der Waals surface area contributed by atoms with Crippen molar-refractivity contribution in [3.05, 3.63) is 5.28 Å². The van der Waals surface area contributed by atoms with Crippen molar-refractivity contribution in [1.82, 2.24) is 19.9 Å². The largest absolute Gasteiger partial charge is 0.354 e. The Morgan fingerprint density at radius 2 is 1.81 bits per heavy atom. The van der Waals surface area contributed by atoms with E-state index in [1.54, 1.807) is 0 Å². The molecule has 7 heteroatoms. The first-order valence-electron chi connectivity index (χ1n) is 7.79. The van der Waals surface area contributed by atoms with Crippen LogP contribution in [0.1, 0.15) is 39.0 Å². The third-order valence-electron chi connectivity index (χ3n) is 4.62. The van der Waals surface area contributed by atoms with Crippen molar-refractivity contribution in [1.29, 1.82) is 0 Å². The van der Waals surface area contributed by atoms with Gasteiger partial charge in [0.2, 0.25) is 17.2 Å². The Hall–Kier alpha value is -1.14. The molecule has 1 aromatic rings. The molecule has 21 heavy (non-hydrogen) atoms. The monoisotopic (exact) mass is 310 g/mol. The van der Waals surface area contributed by atoms with Crippen molar-refractivity contribution in [3.63, 3.8) is 0 Å². The molecule has 3 rings (SSSR count). The van der Waals surface area contributed by atoms with E-state index in [9.17, 15) is 0 Å². The van der Waals surface area contributed by atoms with Gasteiger partial charge in [-0.1, -0.05) is 6.42 Å². The number of rotatable bonds is 4. The van der Waals surface area contributed by atoms with Crippen LogP contribution in [0.15, 0.2) is 0 Å². The van der Waals surface area contributed by atoms with Crippen LogP contribution in [0.5, 0.6) is 0 Å². The third kappa shape index (κ3) is 3.37. The smallest absolute Gasteiger partial charge is 0.229 e. The number of fused-ring (bicyclic) bond motifs is 2. The van der Waals surface area contributed by atoms with Crippen molar-refractivity contribution in [2.45, 2.75) is 57.2 Å². The van der Waals surface area contributed by atoms with E-state index in [1.807, 2.05) is 6.92 Å². The summed E-state index contributed by atoms with van der Waals surface area (Å²) in [4.78, 5) is 15.2. The summed E-state index contributed by atoms with van der Waals surface area (Å²) in [5, 5.41) is 6.77. The van der Waals surface area contributed by atoms with Gasteiger partial charge in [-0.05, 0) is 51.3 Å². The predicted octanol–water partition coefficient (Wildman–Crippen LogP) is 2.38. The Kier molecular flexibility index (Phi) is 4.45. The highest BCUT2D eigenvalue weighted by molar-refractivity contribution is 6.28. The molecule has 2 aliphatic heterocycles. The van der Waals surface area contributed by atoms with Gasteiger partial charge in [0.25, 0.3) is 0 Å². The topological polar surface area (TPSA) is 66.0 Å². The van der Waals surface area contributed by atoms with Crippen LogP contribution in [0, 0.1) is 0 Å². The molecule has 2 unspecified atom stereocenters. The highest BCUT2D eigenvalue weighted by Crippen LogP contribution is 2.33. The van der Waals surface area contributed by atoms with E-state index < -0.39 is 0 Å². The summed E-state index contributed by atoms with van der Waals surface area (Å²) in [6.07, 6.45) is 6.24. The minimum absolute atomic E-state index is 0.233. The van der Waals surface area contributed by atoms with E-state index in [4.69, 9.17) is 11.6 Å². The molecule has 0 aromatic carbocycles. The van der Waals surface area contributed by atoms with E-state index in [0.717, 1.165) is 19.4 Å². The summed E-state index contributed by atoms with van der Waals surface area (Å²) in [6.45, 7) is 2.76. The summed E-state index contributed by atoms with van der Waals surface area (Å²) in [7, 11) is 2.26. The van der Waals surface area contributed by atoms with Gasteiger partial charge in [0.1, 0.15) is 0 Å². The Bertz CT molecular complexity index is 482. The molecule has 2 fully saturated rings. The Morgan fingerprint density at radius 3 is 2.48 bits per heavy atom. The predicted molar refractivity (Wildman–Crippen MR) is 84.8 cm³/mol. The fourth-order valence-corrected chi connectivity index (χ4v) is 3.73. The molecule has 0 amide bonds. The molecular weight excluding hydrogens is 288 g/mol. The van der Waals surface area contributed by atoms with Gasteiger partial charge < -0.3 is 15.5 Å². The van der Waals surface area contributed by atoms with Gasteiger partial charge in [0.15, 0.2) is 0 Å². The van der Waals surface area contributed by atoms with Crippen LogP contribution in [0.4, 0.5) is 11.9 Å². The molecule has 2 saturated heterocycles. The fourth-order valence-electron chi connectivity index (χ4n) is 3.57. The van der Waals surface area contributed by atoms with E-state index in [0.29, 0.717) is 30.0 Å². The van der Waals surface area contributed by atoms with Crippen molar-refractivity contribution < 1.29 is 0 Å². The van der Waals surface area contributed by atoms with E-state index in [-0.39, 0.29) is 5.28 Å². The third-order valence-corrected chi connectivity index (χ3v) is 4.79. The van der Waals surface area contributed by atoms with Crippen molar-refractivity contribution in [3.8, 4) is 0 Å². The van der Waals surface area contributed by atoms with Crippen LogP contribution < -0.4 is 10.6 Å². The van der Waals surface area contributed by atoms with Crippen LogP contribution in [-0.2, 0) is 0 Å². The number of piperidine rings is 2. The second-order valence-corrected chi connectivity index (χ2v) is 6.34. The standard InChI is InChI=1S/C14H23ClN6/c1-3-16-13-18-12(15)19-14(20-13)17-9-7-10-5-4-6-11(8-9)21(10)2/h9-11H,3-8H2,1-2H3,(H2,16,17,18,19,20). The van der Waals surface area contributed by atoms with Crippen molar-refractivity contribution >= 4 is 23.5 Å². The summed E-state index contributed by atoms with van der Waals surface area (Å²) in [5.41, 5.74) is 0. The molecule has 2 atom stereocenters. The van der Waals surface area contributed by atoms with Crippen LogP contribution in [-0.4, -0.2) is 51.6 Å². The summed E-state index contributed by atoms with van der Waals surface area (Å²) >= 11 is 5.97. The number of hydrogen-bond donors (Lipinski definition) is 2. The first-order valence-corrected chi connectivity index (χ1v) is 8.17. The maximum atomic E-state index is 5.97. The lowest BCUT2D eigenvalue weighted by Gasteiger charge is -2.47. The second-order valence-electron chi connectivity index (χ2n) is 6.00. The van der Waals surface area contributed by atoms with Gasteiger partial charge in [-0.3, -0.25) is 0 Å². The molecule has 0 spiro atoms. The molecule has 0 saturated carbocycles. The van der Waals surface area contributed by atoms with E-state index in [1.165, 1.54) is 19.3 Å². The van der Waals surface area contributed by atoms with Gasteiger partial charge in [-0.15, -0.1) is 0 Å². The lowest BCUT2D eigenvalue weighted by molar-refractivity contribution is 0.0607. The average Bonchev–Trinajstić information content (AvgIpc) is 2.39. The Labute approximate surface area is 130 Å². The molecule has 0 radical (unpaired) electrons. The lowest BCUT2D eigenvalue weighted by Crippen LogP contribution is -2.52. The maximum absolute atomic E-state index is 5.97. The summed E-state index contributed by atoms with van der Waals surface area (Å²) in [6, 6.07) is 1.78. The van der Waals surface area contributed by atoms with Gasteiger partial charge in [-0.2, -0.15) is 15.0 Å². The Balaban J connectivity index is 1.69. The van der Waals surface area contributed by atoms with Crippen molar-refractivity contribution in [2.75, 3.05) is 24.2 Å². The number of aromatic nitrogens is 3. The zero-order valence-corrected chi connectivity index (χ0v) is 13.4. The van der Waals surface area contributed by atoms with Gasteiger partial charge in [0, 0.05) is 24.7 Å². The van der Waals surface area contributed by atoms with Crippen LogP contribution in [0.25, 0.3) is 0 Å². The van der Waals surface area contributed by atoms with E-state index in [2.05, 4.69) is 37.5 Å². The number of nitrogens with one attached hydrogen (secondary N) is 2. The van der Waals surface area contributed by atoms with E-state index >= 15 is 0 Å². The molecule has 2 bridgehead atoms. The van der Waals surface area contributed by atoms with Gasteiger partial charge in [-0.25, -0.2) is 0 Å². The van der Waals surface area contributed by atoms with Gasteiger partial charge in [0.05, 0.1) is 0 Å². The number of nitrogens with zero attached hydrogens (tertiary/aromatic N) is 4. The molecule has 3 heterocycles. The molecule has 116 valence electrons. The maximum Gasteiger partial charge on any atom is 0.229 e. The zero-order chi connectivity index (χ0) is 14.8. The fraction of sp³-hybridized carbons (Fsp3) is 0.786. The van der Waals surface area contributed by atoms with Crippen LogP contribution >= 0.6 is 11.6 Å². The molecule has 2 N–H and O–H groups in total. The van der Waals surface area contributed by atoms with Crippen LogP contribution in [0.2, 0.25) is 5.28 Å². The number of anilines is 2.